The van der Waals surface area contributed by atoms with Crippen molar-refractivity contribution in [2.45, 2.75) is 31.5 Å². The average Bonchev–Trinajstić information content (AvgIpc) is 2.95. The minimum Gasteiger partial charge on any atom is -0.504 e. The Labute approximate surface area is 118 Å². The molecular weight excluding hydrogens is 286 g/mol. The van der Waals surface area contributed by atoms with Gasteiger partial charge in [-0.3, -0.25) is 14.7 Å². The molecule has 1 fully saturated rings. The van der Waals surface area contributed by atoms with Gasteiger partial charge in [0.25, 0.3) is 5.91 Å². The molecule has 21 heavy (non-hydrogen) atoms. The summed E-state index contributed by atoms with van der Waals surface area (Å²) in [5.74, 6) is -1.69. The van der Waals surface area contributed by atoms with Crippen LogP contribution in [0.4, 0.5) is 0 Å². The Balaban J connectivity index is 1.96. The molecule has 4 atom stereocenters. The number of aromatic amines is 1. The molecule has 1 unspecified atom stereocenters. The second kappa shape index (κ2) is 6.08. The summed E-state index contributed by atoms with van der Waals surface area (Å²) in [6, 6.07) is 0. The molecule has 5 N–H and O–H groups in total. The van der Waals surface area contributed by atoms with Crippen molar-refractivity contribution in [3.05, 3.63) is 11.9 Å². The standard InChI is InChI=1S/C11H15N3O7/c1-4(15)20-3-6-8(17)9(18)11(21-6)13-10(19)7-5(16)2-12-14-7/h2,6,8-9,11,16-18H,3H2,1H3,(H,12,14)(H,13,19)/t6-,8-,9-,11?/m1/s1. The van der Waals surface area contributed by atoms with Gasteiger partial charge in [-0.15, -0.1) is 0 Å². The maximum Gasteiger partial charge on any atom is 0.302 e. The molecule has 1 saturated heterocycles. The van der Waals surface area contributed by atoms with Crippen LogP contribution in [-0.4, -0.2) is 68.5 Å². The maximum absolute atomic E-state index is 11.8. The zero-order valence-corrected chi connectivity index (χ0v) is 11.0. The summed E-state index contributed by atoms with van der Waals surface area (Å²) in [6.07, 6.45) is -3.87. The molecule has 1 aliphatic rings. The predicted octanol–water partition coefficient (Wildman–Crippen LogP) is -2.15. The lowest BCUT2D eigenvalue weighted by Gasteiger charge is -2.15. The molecule has 2 rings (SSSR count). The Morgan fingerprint density at radius 2 is 2.19 bits per heavy atom. The normalized spacial score (nSPS) is 28.3. The first-order chi connectivity index (χ1) is 9.90. The Morgan fingerprint density at radius 3 is 2.76 bits per heavy atom. The lowest BCUT2D eigenvalue weighted by Crippen LogP contribution is -2.43. The topological polar surface area (TPSA) is 154 Å². The number of nitrogens with one attached hydrogen (secondary N) is 2. The van der Waals surface area contributed by atoms with Gasteiger partial charge >= 0.3 is 5.97 Å². The first kappa shape index (κ1) is 15.2. The van der Waals surface area contributed by atoms with Gasteiger partial charge in [0.15, 0.2) is 17.7 Å². The number of hydrogen-bond acceptors (Lipinski definition) is 8. The summed E-state index contributed by atoms with van der Waals surface area (Å²) in [5, 5.41) is 36.9. The van der Waals surface area contributed by atoms with Gasteiger partial charge in [-0.05, 0) is 0 Å². The molecule has 10 nitrogen and oxygen atoms in total. The number of aromatic nitrogens is 2. The molecule has 0 aliphatic carbocycles. The van der Waals surface area contributed by atoms with Gasteiger partial charge in [0.1, 0.15) is 24.9 Å². The van der Waals surface area contributed by atoms with Crippen molar-refractivity contribution >= 4 is 11.9 Å². The van der Waals surface area contributed by atoms with Crippen molar-refractivity contribution in [3.8, 4) is 5.75 Å². The zero-order chi connectivity index (χ0) is 15.6. The molecule has 2 heterocycles. The molecule has 0 bridgehead atoms. The van der Waals surface area contributed by atoms with E-state index in [-0.39, 0.29) is 18.1 Å². The van der Waals surface area contributed by atoms with Gasteiger partial charge < -0.3 is 30.1 Å². The number of carbonyl (C=O) groups is 2. The van der Waals surface area contributed by atoms with Crippen LogP contribution in [0.15, 0.2) is 6.20 Å². The smallest absolute Gasteiger partial charge is 0.302 e. The average molecular weight is 301 g/mol. The first-order valence-corrected chi connectivity index (χ1v) is 6.08. The van der Waals surface area contributed by atoms with E-state index in [1.54, 1.807) is 0 Å². The van der Waals surface area contributed by atoms with Crippen molar-refractivity contribution < 1.29 is 34.4 Å². The quantitative estimate of drug-likeness (QED) is 0.394. The number of aliphatic hydroxyl groups is 2. The van der Waals surface area contributed by atoms with Crippen LogP contribution in [0.25, 0.3) is 0 Å². The fourth-order valence-electron chi connectivity index (χ4n) is 1.85. The van der Waals surface area contributed by atoms with Gasteiger partial charge in [-0.1, -0.05) is 0 Å². The third-order valence-electron chi connectivity index (χ3n) is 2.93. The van der Waals surface area contributed by atoms with E-state index in [0.29, 0.717) is 0 Å². The number of aromatic hydroxyl groups is 1. The van der Waals surface area contributed by atoms with Crippen LogP contribution in [0, 0.1) is 0 Å². The highest BCUT2D eigenvalue weighted by Gasteiger charge is 2.44. The highest BCUT2D eigenvalue weighted by Crippen LogP contribution is 2.21. The molecule has 1 aliphatic heterocycles. The summed E-state index contributed by atoms with van der Waals surface area (Å²) in [7, 11) is 0. The van der Waals surface area contributed by atoms with Crippen molar-refractivity contribution in [3.63, 3.8) is 0 Å². The fourth-order valence-corrected chi connectivity index (χ4v) is 1.85. The Hall–Kier alpha value is -2.17. The number of ether oxygens (including phenoxy) is 2. The molecule has 0 spiro atoms. The highest BCUT2D eigenvalue weighted by atomic mass is 16.6. The number of H-pyrrole nitrogens is 1. The second-order valence-corrected chi connectivity index (χ2v) is 4.48. The molecule has 0 saturated carbocycles. The number of hydrogen-bond donors (Lipinski definition) is 5. The zero-order valence-electron chi connectivity index (χ0n) is 11.0. The number of aliphatic hydroxyl groups excluding tert-OH is 2. The van der Waals surface area contributed by atoms with Crippen molar-refractivity contribution in [1.82, 2.24) is 15.5 Å². The van der Waals surface area contributed by atoms with E-state index in [9.17, 15) is 24.9 Å². The summed E-state index contributed by atoms with van der Waals surface area (Å²) in [5.41, 5.74) is -0.205. The largest absolute Gasteiger partial charge is 0.504 e. The van der Waals surface area contributed by atoms with E-state index in [1.165, 1.54) is 6.92 Å². The van der Waals surface area contributed by atoms with E-state index in [2.05, 4.69) is 20.3 Å². The fraction of sp³-hybridized carbons (Fsp3) is 0.545. The lowest BCUT2D eigenvalue weighted by atomic mass is 10.1. The van der Waals surface area contributed by atoms with Gasteiger partial charge in [0.05, 0.1) is 6.20 Å². The number of amides is 1. The molecule has 1 aromatic rings. The molecular formula is C11H15N3O7. The Kier molecular flexibility index (Phi) is 4.40. The molecule has 10 heteroatoms. The van der Waals surface area contributed by atoms with Crippen molar-refractivity contribution in [2.24, 2.45) is 0 Å². The number of rotatable bonds is 4. The van der Waals surface area contributed by atoms with Crippen LogP contribution in [0.5, 0.6) is 5.75 Å². The van der Waals surface area contributed by atoms with Crippen LogP contribution in [-0.2, 0) is 14.3 Å². The predicted molar refractivity (Wildman–Crippen MR) is 65.0 cm³/mol. The van der Waals surface area contributed by atoms with Gasteiger partial charge in [-0.2, -0.15) is 5.10 Å². The molecule has 0 aromatic carbocycles. The van der Waals surface area contributed by atoms with Crippen molar-refractivity contribution in [2.75, 3.05) is 6.61 Å². The van der Waals surface area contributed by atoms with E-state index >= 15 is 0 Å². The molecule has 1 amide bonds. The molecule has 0 radical (unpaired) electrons. The maximum atomic E-state index is 11.8. The highest BCUT2D eigenvalue weighted by molar-refractivity contribution is 5.94. The van der Waals surface area contributed by atoms with Crippen LogP contribution >= 0.6 is 0 Å². The third-order valence-corrected chi connectivity index (χ3v) is 2.93. The minimum atomic E-state index is -1.40. The minimum absolute atomic E-state index is 0.205. The molecule has 116 valence electrons. The van der Waals surface area contributed by atoms with E-state index in [0.717, 1.165) is 6.20 Å². The molecule has 1 aromatic heterocycles. The summed E-state index contributed by atoms with van der Waals surface area (Å²) < 4.78 is 9.91. The third kappa shape index (κ3) is 3.29. The van der Waals surface area contributed by atoms with E-state index < -0.39 is 36.4 Å². The van der Waals surface area contributed by atoms with Gasteiger partial charge in [0.2, 0.25) is 0 Å². The number of carbonyl (C=O) groups excluding carboxylic acids is 2. The van der Waals surface area contributed by atoms with Crippen LogP contribution in [0.2, 0.25) is 0 Å². The Morgan fingerprint density at radius 1 is 1.48 bits per heavy atom. The van der Waals surface area contributed by atoms with Crippen LogP contribution < -0.4 is 5.32 Å². The summed E-state index contributed by atoms with van der Waals surface area (Å²) >= 11 is 0. The van der Waals surface area contributed by atoms with Crippen molar-refractivity contribution in [1.29, 1.82) is 0 Å². The second-order valence-electron chi connectivity index (χ2n) is 4.48. The summed E-state index contributed by atoms with van der Waals surface area (Å²) in [6.45, 7) is 0.938. The van der Waals surface area contributed by atoms with Gasteiger partial charge in [-0.25, -0.2) is 0 Å². The first-order valence-electron chi connectivity index (χ1n) is 6.08. The number of nitrogens with zero attached hydrogens (tertiary/aromatic N) is 1. The van der Waals surface area contributed by atoms with Crippen LogP contribution in [0.3, 0.4) is 0 Å². The lowest BCUT2D eigenvalue weighted by molar-refractivity contribution is -0.146. The number of esters is 1. The van der Waals surface area contributed by atoms with Crippen LogP contribution in [0.1, 0.15) is 17.4 Å². The monoisotopic (exact) mass is 301 g/mol. The van der Waals surface area contributed by atoms with E-state index in [4.69, 9.17) is 4.74 Å². The SMILES string of the molecule is CC(=O)OC[C@H]1OC(NC(=O)c2[nH]ncc2O)[C@H](O)[C@@H]1O. The Bertz CT molecular complexity index is 532. The summed E-state index contributed by atoms with van der Waals surface area (Å²) in [4.78, 5) is 22.5. The van der Waals surface area contributed by atoms with Gasteiger partial charge in [0, 0.05) is 6.92 Å². The van der Waals surface area contributed by atoms with E-state index in [1.807, 2.05) is 0 Å².